The maximum atomic E-state index is 3.78. The summed E-state index contributed by atoms with van der Waals surface area (Å²) in [6.45, 7) is 5.58. The largest absolute Gasteiger partial charge is 0.323 e. The van der Waals surface area contributed by atoms with Crippen LogP contribution in [-0.2, 0) is 0 Å². The first-order chi connectivity index (χ1) is 9.25. The molecule has 0 bridgehead atoms. The first kappa shape index (κ1) is 13.0. The lowest BCUT2D eigenvalue weighted by Crippen LogP contribution is -2.46. The molecule has 0 amide bonds. The summed E-state index contributed by atoms with van der Waals surface area (Å²) in [7, 11) is 0. The fourth-order valence-corrected chi connectivity index (χ4v) is 3.91. The molecule has 2 heterocycles. The molecule has 2 N–H and O–H groups in total. The van der Waals surface area contributed by atoms with E-state index in [9.17, 15) is 0 Å². The lowest BCUT2D eigenvalue weighted by Gasteiger charge is -2.34. The summed E-state index contributed by atoms with van der Waals surface area (Å²) in [6, 6.07) is 5.78. The summed E-state index contributed by atoms with van der Waals surface area (Å²) in [4.78, 5) is 0. The van der Waals surface area contributed by atoms with Gasteiger partial charge < -0.3 is 10.7 Å². The molecule has 2 aliphatic rings. The van der Waals surface area contributed by atoms with E-state index in [1.807, 2.05) is 0 Å². The zero-order valence-corrected chi connectivity index (χ0v) is 12.3. The zero-order valence-electron chi connectivity index (χ0n) is 12.3. The molecule has 3 unspecified atom stereocenters. The van der Waals surface area contributed by atoms with E-state index >= 15 is 0 Å². The third kappa shape index (κ3) is 2.66. The summed E-state index contributed by atoms with van der Waals surface area (Å²) in [5.74, 6) is 0.807. The van der Waals surface area contributed by atoms with E-state index in [4.69, 9.17) is 0 Å². The van der Waals surface area contributed by atoms with Crippen LogP contribution in [0.5, 0.6) is 0 Å². The van der Waals surface area contributed by atoms with Gasteiger partial charge in [-0.25, -0.2) is 0 Å². The van der Waals surface area contributed by atoms with Crippen LogP contribution in [0.3, 0.4) is 0 Å². The second kappa shape index (κ2) is 5.58. The maximum Gasteiger partial charge on any atom is 0.0467 e. The first-order valence-electron chi connectivity index (χ1n) is 7.90. The Morgan fingerprint density at radius 1 is 1.05 bits per heavy atom. The normalized spacial score (nSPS) is 31.6. The summed E-state index contributed by atoms with van der Waals surface area (Å²) < 4.78 is 2.28. The quantitative estimate of drug-likeness (QED) is 0.876. The van der Waals surface area contributed by atoms with Gasteiger partial charge in [0.15, 0.2) is 0 Å². The van der Waals surface area contributed by atoms with Crippen LogP contribution in [0.15, 0.2) is 12.1 Å². The van der Waals surface area contributed by atoms with Crippen molar-refractivity contribution >= 4 is 0 Å². The molecule has 3 heteroatoms. The van der Waals surface area contributed by atoms with Crippen molar-refractivity contribution in [2.75, 3.05) is 12.0 Å². The van der Waals surface area contributed by atoms with Gasteiger partial charge in [0.05, 0.1) is 0 Å². The number of nitrogens with one attached hydrogen (secondary N) is 2. The molecule has 3 nitrogen and oxygen atoms in total. The fraction of sp³-hybridized carbons (Fsp3) is 0.750. The molecule has 3 rings (SSSR count). The van der Waals surface area contributed by atoms with Crippen LogP contribution in [0.1, 0.15) is 49.9 Å². The lowest BCUT2D eigenvalue weighted by molar-refractivity contribution is 0.280. The van der Waals surface area contributed by atoms with Crippen LogP contribution < -0.4 is 10.7 Å². The highest BCUT2D eigenvalue weighted by Gasteiger charge is 2.34. The lowest BCUT2D eigenvalue weighted by atomic mass is 9.88. The van der Waals surface area contributed by atoms with Crippen molar-refractivity contribution in [3.63, 3.8) is 0 Å². The van der Waals surface area contributed by atoms with Crippen LogP contribution in [0.4, 0.5) is 0 Å². The smallest absolute Gasteiger partial charge is 0.0467 e. The van der Waals surface area contributed by atoms with E-state index < -0.39 is 0 Å². The van der Waals surface area contributed by atoms with Gasteiger partial charge >= 0.3 is 0 Å². The Bertz CT molecular complexity index is 398. The number of hydrogen-bond donors (Lipinski definition) is 2. The number of aromatic nitrogens is 1. The molecule has 106 valence electrons. The minimum Gasteiger partial charge on any atom is -0.323 e. The Labute approximate surface area is 116 Å². The van der Waals surface area contributed by atoms with Gasteiger partial charge in [-0.2, -0.15) is 0 Å². The SMILES string of the molecule is Cc1ccc(C)n1NC1CCCC1C1CCCCN1. The number of nitrogens with zero attached hydrogens (tertiary/aromatic N) is 1. The van der Waals surface area contributed by atoms with E-state index in [0.717, 1.165) is 12.0 Å². The van der Waals surface area contributed by atoms with Gasteiger partial charge in [-0.05, 0) is 64.1 Å². The minimum absolute atomic E-state index is 0.639. The van der Waals surface area contributed by atoms with Crippen molar-refractivity contribution in [3.05, 3.63) is 23.5 Å². The predicted octanol–water partition coefficient (Wildman–Crippen LogP) is 2.96. The van der Waals surface area contributed by atoms with Crippen molar-refractivity contribution in [1.29, 1.82) is 0 Å². The van der Waals surface area contributed by atoms with Gasteiger partial charge in [0.25, 0.3) is 0 Å². The Balaban J connectivity index is 1.69. The molecule has 19 heavy (non-hydrogen) atoms. The third-order valence-electron chi connectivity index (χ3n) is 5.00. The van der Waals surface area contributed by atoms with E-state index in [1.54, 1.807) is 0 Å². The number of hydrogen-bond acceptors (Lipinski definition) is 2. The molecule has 1 aliphatic heterocycles. The molecule has 0 aromatic carbocycles. The van der Waals surface area contributed by atoms with Gasteiger partial charge in [0.2, 0.25) is 0 Å². The average molecular weight is 261 g/mol. The minimum atomic E-state index is 0.639. The standard InChI is InChI=1S/C16H27N3/c1-12-9-10-13(2)19(12)18-16-8-5-6-14(16)15-7-3-4-11-17-15/h9-10,14-18H,3-8,11H2,1-2H3. The number of aryl methyl sites for hydroxylation is 2. The van der Waals surface area contributed by atoms with Crippen LogP contribution >= 0.6 is 0 Å². The van der Waals surface area contributed by atoms with Gasteiger partial charge in [-0.1, -0.05) is 12.8 Å². The predicted molar refractivity (Wildman–Crippen MR) is 80.0 cm³/mol. The Morgan fingerprint density at radius 3 is 2.53 bits per heavy atom. The van der Waals surface area contributed by atoms with Crippen LogP contribution in [0.25, 0.3) is 0 Å². The highest BCUT2D eigenvalue weighted by atomic mass is 15.4. The monoisotopic (exact) mass is 261 g/mol. The second-order valence-electron chi connectivity index (χ2n) is 6.34. The number of rotatable bonds is 3. The molecule has 0 radical (unpaired) electrons. The Kier molecular flexibility index (Phi) is 3.83. The molecule has 1 saturated carbocycles. The molecular weight excluding hydrogens is 234 g/mol. The van der Waals surface area contributed by atoms with Crippen LogP contribution in [-0.4, -0.2) is 23.3 Å². The number of piperidine rings is 1. The van der Waals surface area contributed by atoms with E-state index in [-0.39, 0.29) is 0 Å². The zero-order chi connectivity index (χ0) is 13.2. The summed E-state index contributed by atoms with van der Waals surface area (Å²) >= 11 is 0. The summed E-state index contributed by atoms with van der Waals surface area (Å²) in [5.41, 5.74) is 6.42. The molecule has 2 fully saturated rings. The summed E-state index contributed by atoms with van der Waals surface area (Å²) in [5, 5.41) is 3.75. The van der Waals surface area contributed by atoms with Crippen molar-refractivity contribution in [2.24, 2.45) is 5.92 Å². The Hall–Kier alpha value is -0.960. The highest BCUT2D eigenvalue weighted by molar-refractivity contribution is 5.16. The van der Waals surface area contributed by atoms with Crippen molar-refractivity contribution < 1.29 is 0 Å². The van der Waals surface area contributed by atoms with Gasteiger partial charge in [0, 0.05) is 23.5 Å². The van der Waals surface area contributed by atoms with Crippen molar-refractivity contribution in [2.45, 2.75) is 64.5 Å². The van der Waals surface area contributed by atoms with Crippen molar-refractivity contribution in [3.8, 4) is 0 Å². The van der Waals surface area contributed by atoms with E-state index in [1.165, 1.54) is 56.5 Å². The third-order valence-corrected chi connectivity index (χ3v) is 5.00. The fourth-order valence-electron chi connectivity index (χ4n) is 3.91. The van der Waals surface area contributed by atoms with Gasteiger partial charge in [-0.3, -0.25) is 4.68 Å². The van der Waals surface area contributed by atoms with Crippen LogP contribution in [0, 0.1) is 19.8 Å². The maximum absolute atomic E-state index is 3.78. The molecule has 1 aliphatic carbocycles. The van der Waals surface area contributed by atoms with E-state index in [0.29, 0.717) is 6.04 Å². The molecule has 3 atom stereocenters. The molecule has 0 spiro atoms. The average Bonchev–Trinajstić information content (AvgIpc) is 3.02. The van der Waals surface area contributed by atoms with Gasteiger partial charge in [-0.15, -0.1) is 0 Å². The van der Waals surface area contributed by atoms with E-state index in [2.05, 4.69) is 41.4 Å². The topological polar surface area (TPSA) is 29.0 Å². The van der Waals surface area contributed by atoms with Gasteiger partial charge in [0.1, 0.15) is 0 Å². The first-order valence-corrected chi connectivity index (χ1v) is 7.90. The highest BCUT2D eigenvalue weighted by Crippen LogP contribution is 2.32. The second-order valence-corrected chi connectivity index (χ2v) is 6.34. The molecule has 1 aromatic rings. The molecular formula is C16H27N3. The summed E-state index contributed by atoms with van der Waals surface area (Å²) in [6.07, 6.45) is 8.21. The van der Waals surface area contributed by atoms with Crippen LogP contribution in [0.2, 0.25) is 0 Å². The molecule has 1 saturated heterocycles. The van der Waals surface area contributed by atoms with Crippen molar-refractivity contribution in [1.82, 2.24) is 9.99 Å². The molecule has 1 aromatic heterocycles. The Morgan fingerprint density at radius 2 is 1.84 bits per heavy atom.